The molecule has 0 unspecified atom stereocenters. The van der Waals surface area contributed by atoms with Crippen molar-refractivity contribution in [1.29, 1.82) is 0 Å². The molecule has 0 radical (unpaired) electrons. The zero-order valence-corrected chi connectivity index (χ0v) is 11.6. The second kappa shape index (κ2) is 6.80. The van der Waals surface area contributed by atoms with E-state index >= 15 is 0 Å². The van der Waals surface area contributed by atoms with E-state index in [9.17, 15) is 9.18 Å². The fourth-order valence-corrected chi connectivity index (χ4v) is 3.36. The Morgan fingerprint density at radius 2 is 2.16 bits per heavy atom. The van der Waals surface area contributed by atoms with E-state index in [1.165, 1.54) is 43.9 Å². The number of carbonyl (C=O) groups is 1. The molecule has 1 aromatic carbocycles. The normalized spacial score (nSPS) is 15.6. The molecule has 3 N–H and O–H groups in total. The van der Waals surface area contributed by atoms with Gasteiger partial charge in [0.2, 0.25) is 5.91 Å². The fourth-order valence-electron chi connectivity index (χ4n) is 2.32. The van der Waals surface area contributed by atoms with Crippen LogP contribution in [0.2, 0.25) is 0 Å². The maximum absolute atomic E-state index is 13.4. The van der Waals surface area contributed by atoms with Gasteiger partial charge in [0, 0.05) is 5.69 Å². The zero-order valence-electron chi connectivity index (χ0n) is 10.8. The zero-order chi connectivity index (χ0) is 13.7. The van der Waals surface area contributed by atoms with Gasteiger partial charge in [-0.05, 0) is 42.7 Å². The lowest BCUT2D eigenvalue weighted by molar-refractivity contribution is -0.113. The van der Waals surface area contributed by atoms with Gasteiger partial charge in [0.15, 0.2) is 0 Å². The van der Waals surface area contributed by atoms with Crippen molar-refractivity contribution in [3.05, 3.63) is 24.0 Å². The van der Waals surface area contributed by atoms with Crippen LogP contribution in [0.25, 0.3) is 0 Å². The highest BCUT2D eigenvalue weighted by Gasteiger charge is 2.15. The van der Waals surface area contributed by atoms with Crippen LogP contribution in [0.3, 0.4) is 0 Å². The van der Waals surface area contributed by atoms with Crippen LogP contribution in [-0.4, -0.2) is 17.4 Å². The Bertz CT molecular complexity index is 447. The van der Waals surface area contributed by atoms with Crippen molar-refractivity contribution in [2.45, 2.75) is 25.7 Å². The highest BCUT2D eigenvalue weighted by atomic mass is 32.2. The standard InChI is InChI=1S/C14H19FN2OS/c15-12-6-5-11(16)7-13(12)17-14(18)9-19-8-10-3-1-2-4-10/h5-7,10H,1-4,8-9,16H2,(H,17,18). The highest BCUT2D eigenvalue weighted by Crippen LogP contribution is 2.27. The predicted octanol–water partition coefficient (Wildman–Crippen LogP) is 3.27. The van der Waals surface area contributed by atoms with Crippen LogP contribution < -0.4 is 11.1 Å². The van der Waals surface area contributed by atoms with Gasteiger partial charge in [-0.25, -0.2) is 4.39 Å². The molecule has 0 atom stereocenters. The van der Waals surface area contributed by atoms with Crippen LogP contribution >= 0.6 is 11.8 Å². The van der Waals surface area contributed by atoms with Crippen molar-refractivity contribution in [2.24, 2.45) is 5.92 Å². The summed E-state index contributed by atoms with van der Waals surface area (Å²) in [6.45, 7) is 0. The Labute approximate surface area is 117 Å². The van der Waals surface area contributed by atoms with Crippen LogP contribution in [0.4, 0.5) is 15.8 Å². The van der Waals surface area contributed by atoms with Crippen LogP contribution in [0, 0.1) is 11.7 Å². The summed E-state index contributed by atoms with van der Waals surface area (Å²) in [6, 6.07) is 4.17. The van der Waals surface area contributed by atoms with Gasteiger partial charge >= 0.3 is 0 Å². The molecule has 1 fully saturated rings. The number of benzene rings is 1. The van der Waals surface area contributed by atoms with Gasteiger partial charge < -0.3 is 11.1 Å². The topological polar surface area (TPSA) is 55.1 Å². The minimum atomic E-state index is -0.455. The number of thioether (sulfide) groups is 1. The maximum atomic E-state index is 13.4. The molecule has 19 heavy (non-hydrogen) atoms. The second-order valence-corrected chi connectivity index (χ2v) is 5.98. The van der Waals surface area contributed by atoms with Crippen molar-refractivity contribution in [1.82, 2.24) is 0 Å². The molecule has 0 heterocycles. The largest absolute Gasteiger partial charge is 0.399 e. The molecule has 1 aromatic rings. The molecule has 0 spiro atoms. The predicted molar refractivity (Wildman–Crippen MR) is 78.7 cm³/mol. The monoisotopic (exact) mass is 282 g/mol. The molecule has 0 aromatic heterocycles. The minimum Gasteiger partial charge on any atom is -0.399 e. The van der Waals surface area contributed by atoms with Crippen LogP contribution in [0.15, 0.2) is 18.2 Å². The fraction of sp³-hybridized carbons (Fsp3) is 0.500. The lowest BCUT2D eigenvalue weighted by Crippen LogP contribution is -2.16. The second-order valence-electron chi connectivity index (χ2n) is 4.95. The molecule has 1 aliphatic carbocycles. The first kappa shape index (κ1) is 14.2. The summed E-state index contributed by atoms with van der Waals surface area (Å²) in [7, 11) is 0. The average molecular weight is 282 g/mol. The van der Waals surface area contributed by atoms with Crippen molar-refractivity contribution in [2.75, 3.05) is 22.6 Å². The molecule has 0 saturated heterocycles. The van der Waals surface area contributed by atoms with E-state index in [0.29, 0.717) is 11.4 Å². The van der Waals surface area contributed by atoms with E-state index < -0.39 is 5.82 Å². The van der Waals surface area contributed by atoms with E-state index in [1.807, 2.05) is 0 Å². The number of hydrogen-bond donors (Lipinski definition) is 2. The van der Waals surface area contributed by atoms with Crippen LogP contribution in [0.5, 0.6) is 0 Å². The third-order valence-corrected chi connectivity index (χ3v) is 4.50. The number of amides is 1. The van der Waals surface area contributed by atoms with Gasteiger partial charge in [0.05, 0.1) is 11.4 Å². The Balaban J connectivity index is 1.75. The molecular formula is C14H19FN2OS. The SMILES string of the molecule is Nc1ccc(F)c(NC(=O)CSCC2CCCC2)c1. The number of hydrogen-bond acceptors (Lipinski definition) is 3. The van der Waals surface area contributed by atoms with Crippen LogP contribution in [0.1, 0.15) is 25.7 Å². The van der Waals surface area contributed by atoms with Gasteiger partial charge in [0.25, 0.3) is 0 Å². The summed E-state index contributed by atoms with van der Waals surface area (Å²) in [5, 5.41) is 2.56. The summed E-state index contributed by atoms with van der Waals surface area (Å²) < 4.78 is 13.4. The molecule has 3 nitrogen and oxygen atoms in total. The third-order valence-electron chi connectivity index (χ3n) is 3.33. The minimum absolute atomic E-state index is 0.159. The number of nitrogen functional groups attached to an aromatic ring is 1. The summed E-state index contributed by atoms with van der Waals surface area (Å²) in [6.07, 6.45) is 5.18. The van der Waals surface area contributed by atoms with Gasteiger partial charge in [-0.1, -0.05) is 12.8 Å². The molecule has 0 bridgehead atoms. The Morgan fingerprint density at radius 3 is 2.89 bits per heavy atom. The lowest BCUT2D eigenvalue weighted by atomic mass is 10.1. The van der Waals surface area contributed by atoms with Gasteiger partial charge in [0.1, 0.15) is 5.82 Å². The first-order valence-corrected chi connectivity index (χ1v) is 7.73. The molecule has 2 rings (SSSR count). The average Bonchev–Trinajstić information content (AvgIpc) is 2.87. The van der Waals surface area contributed by atoms with E-state index in [1.54, 1.807) is 11.8 Å². The van der Waals surface area contributed by atoms with Crippen molar-refractivity contribution in [3.8, 4) is 0 Å². The molecule has 1 aliphatic rings. The van der Waals surface area contributed by atoms with Crippen LogP contribution in [-0.2, 0) is 4.79 Å². The van der Waals surface area contributed by atoms with Gasteiger partial charge in [-0.2, -0.15) is 11.8 Å². The van der Waals surface area contributed by atoms with Gasteiger partial charge in [-0.3, -0.25) is 4.79 Å². The first-order chi connectivity index (χ1) is 9.15. The number of halogens is 1. The molecule has 0 aliphatic heterocycles. The third kappa shape index (κ3) is 4.42. The highest BCUT2D eigenvalue weighted by molar-refractivity contribution is 7.99. The Morgan fingerprint density at radius 1 is 1.42 bits per heavy atom. The smallest absolute Gasteiger partial charge is 0.234 e. The first-order valence-electron chi connectivity index (χ1n) is 6.58. The summed E-state index contributed by atoms with van der Waals surface area (Å²) in [5.41, 5.74) is 6.16. The molecule has 1 saturated carbocycles. The number of anilines is 2. The number of nitrogens with one attached hydrogen (secondary N) is 1. The van der Waals surface area contributed by atoms with Crippen molar-refractivity contribution in [3.63, 3.8) is 0 Å². The number of nitrogens with two attached hydrogens (primary N) is 1. The van der Waals surface area contributed by atoms with Crippen molar-refractivity contribution >= 4 is 29.0 Å². The summed E-state index contributed by atoms with van der Waals surface area (Å²) >= 11 is 1.62. The Hall–Kier alpha value is -1.23. The lowest BCUT2D eigenvalue weighted by Gasteiger charge is -2.09. The number of rotatable bonds is 5. The maximum Gasteiger partial charge on any atom is 0.234 e. The molecular weight excluding hydrogens is 263 g/mol. The Kier molecular flexibility index (Phi) is 5.07. The van der Waals surface area contributed by atoms with E-state index in [4.69, 9.17) is 5.73 Å². The summed E-state index contributed by atoms with van der Waals surface area (Å²) in [4.78, 5) is 11.7. The molecule has 104 valence electrons. The number of carbonyl (C=O) groups excluding carboxylic acids is 1. The van der Waals surface area contributed by atoms with Crippen molar-refractivity contribution < 1.29 is 9.18 Å². The summed E-state index contributed by atoms with van der Waals surface area (Å²) in [5.74, 6) is 1.51. The van der Waals surface area contributed by atoms with E-state index in [2.05, 4.69) is 5.32 Å². The molecule has 5 heteroatoms. The van der Waals surface area contributed by atoms with E-state index in [0.717, 1.165) is 11.7 Å². The molecule has 1 amide bonds. The quantitative estimate of drug-likeness (QED) is 0.815. The van der Waals surface area contributed by atoms with Gasteiger partial charge in [-0.15, -0.1) is 0 Å². The van der Waals surface area contributed by atoms with E-state index in [-0.39, 0.29) is 11.6 Å².